The molecule has 0 amide bonds. The van der Waals surface area contributed by atoms with Crippen LogP contribution < -0.4 is 74.1 Å². The van der Waals surface area contributed by atoms with E-state index in [1.807, 2.05) is 26.0 Å². The van der Waals surface area contributed by atoms with Gasteiger partial charge in [-0.3, -0.25) is 4.79 Å². The number of carboxylic acids is 2. The van der Waals surface area contributed by atoms with E-state index in [1.54, 1.807) is 24.3 Å². The molecule has 8 atom stereocenters. The Morgan fingerprint density at radius 2 is 1.70 bits per heavy atom. The minimum absolute atomic E-state index is 0. The number of aliphatic hydroxyl groups excluding tert-OH is 3. The van der Waals surface area contributed by atoms with E-state index < -0.39 is 48.4 Å². The topological polar surface area (TPSA) is 176 Å². The summed E-state index contributed by atoms with van der Waals surface area (Å²) in [6, 6.07) is 6.46. The molecule has 1 aromatic rings. The van der Waals surface area contributed by atoms with E-state index in [-0.39, 0.29) is 95.2 Å². The number of aliphatic hydroxyl groups is 3. The molecule has 246 valence electrons. The second kappa shape index (κ2) is 21.2. The predicted molar refractivity (Wildman–Crippen MR) is 160 cm³/mol. The Balaban J connectivity index is 0.00000107. The summed E-state index contributed by atoms with van der Waals surface area (Å²) >= 11 is 5.66. The first-order valence-electron chi connectivity index (χ1n) is 15.0. The van der Waals surface area contributed by atoms with Gasteiger partial charge in [0.05, 0.1) is 30.2 Å². The third-order valence-electron chi connectivity index (χ3n) is 8.11. The molecule has 0 radical (unpaired) electrons. The van der Waals surface area contributed by atoms with E-state index in [0.29, 0.717) is 36.5 Å². The standard InChI is InChI=1S/C23H36O7.C10H11ClO3.2Na/c1-4-13(2)23(29)30-20-11-17(25)9-15-6-5-14(3)19(22(15)20)8-7-16(24)10-18(26)12-21(27)28;1-10(2,9(12)13)14-8-5-3-7(11)4-6-8;;/h5-6,9,13-14,16-20,22,24-26H,4,7-8,10-12H2,1-3H3,(H,27,28);3-6H,1-2H3,(H,12,13);;/q;;2*+1/p-2/t13-,14-,16+,17+,18+,19-,20-,22-;;;/m0.../s1. The fourth-order valence-electron chi connectivity index (χ4n) is 5.35. The Morgan fingerprint density at radius 1 is 1.09 bits per heavy atom. The number of rotatable bonds is 13. The van der Waals surface area contributed by atoms with Crippen LogP contribution >= 0.6 is 11.6 Å². The van der Waals surface area contributed by atoms with Crippen molar-refractivity contribution in [2.45, 2.75) is 103 Å². The number of carbonyl (C=O) groups is 3. The van der Waals surface area contributed by atoms with Gasteiger partial charge in [0, 0.05) is 29.8 Å². The molecule has 0 saturated heterocycles. The van der Waals surface area contributed by atoms with E-state index in [2.05, 4.69) is 13.0 Å². The minimum Gasteiger partial charge on any atom is -0.550 e. The summed E-state index contributed by atoms with van der Waals surface area (Å²) in [5, 5.41) is 52.0. The molecule has 2 aliphatic carbocycles. The summed E-state index contributed by atoms with van der Waals surface area (Å²) < 4.78 is 11.0. The Bertz CT molecular complexity index is 1170. The van der Waals surface area contributed by atoms with Crippen molar-refractivity contribution >= 4 is 29.5 Å². The SMILES string of the molecule is CC(C)(Oc1ccc(Cl)cc1)C(=O)[O-].CC[C@H](C)C(=O)O[C@H]1C[C@H](O)C=C2C=C[C@H](C)[C@H](CC[C@@H](O)C[C@@H](O)CC(=O)[O-])[C@H]21.[Na+].[Na+]. The molecule has 0 fully saturated rings. The van der Waals surface area contributed by atoms with E-state index in [9.17, 15) is 39.9 Å². The van der Waals surface area contributed by atoms with Crippen LogP contribution in [-0.4, -0.2) is 63.2 Å². The van der Waals surface area contributed by atoms with Gasteiger partial charge in [-0.15, -0.1) is 0 Å². The van der Waals surface area contributed by atoms with E-state index in [4.69, 9.17) is 21.1 Å². The molecule has 0 spiro atoms. The smallest absolute Gasteiger partial charge is 0.550 e. The number of hydrogen-bond donors (Lipinski definition) is 3. The second-order valence-electron chi connectivity index (χ2n) is 12.2. The Hall–Kier alpha value is -0.920. The van der Waals surface area contributed by atoms with Gasteiger partial charge in [-0.1, -0.05) is 50.6 Å². The molecule has 0 aromatic heterocycles. The maximum atomic E-state index is 12.4. The largest absolute Gasteiger partial charge is 1.00 e. The van der Waals surface area contributed by atoms with Crippen molar-refractivity contribution < 1.29 is 109 Å². The molecule has 0 bridgehead atoms. The van der Waals surface area contributed by atoms with Crippen LogP contribution in [0.1, 0.15) is 73.1 Å². The van der Waals surface area contributed by atoms with Gasteiger partial charge >= 0.3 is 65.1 Å². The van der Waals surface area contributed by atoms with E-state index in [0.717, 1.165) is 5.57 Å². The Labute approximate surface area is 321 Å². The molecule has 0 heterocycles. The summed E-state index contributed by atoms with van der Waals surface area (Å²) in [5.74, 6) is -2.41. The minimum atomic E-state index is -1.35. The maximum absolute atomic E-state index is 12.4. The van der Waals surface area contributed by atoms with Crippen LogP contribution in [-0.2, 0) is 19.1 Å². The van der Waals surface area contributed by atoms with Crippen LogP contribution in [0.15, 0.2) is 48.1 Å². The number of aliphatic carboxylic acids is 2. The van der Waals surface area contributed by atoms with Gasteiger partial charge in [0.2, 0.25) is 0 Å². The first kappa shape index (κ1) is 45.1. The third-order valence-corrected chi connectivity index (χ3v) is 8.37. The molecule has 2 aliphatic rings. The molecular weight excluding hydrogens is 638 g/mol. The van der Waals surface area contributed by atoms with Crippen LogP contribution in [0.3, 0.4) is 0 Å². The zero-order valence-electron chi connectivity index (χ0n) is 28.0. The van der Waals surface area contributed by atoms with Gasteiger partial charge in [0.1, 0.15) is 17.5 Å². The molecule has 46 heavy (non-hydrogen) atoms. The number of carboxylic acid groups (broad SMARTS) is 2. The molecule has 1 aromatic carbocycles. The number of fused-ring (bicyclic) bond motifs is 1. The Morgan fingerprint density at radius 3 is 2.24 bits per heavy atom. The molecule has 10 nitrogen and oxygen atoms in total. The van der Waals surface area contributed by atoms with Crippen LogP contribution in [0.5, 0.6) is 5.75 Å². The first-order chi connectivity index (χ1) is 20.5. The number of halogens is 1. The average molecular weight is 683 g/mol. The fourth-order valence-corrected chi connectivity index (χ4v) is 5.48. The van der Waals surface area contributed by atoms with Gasteiger partial charge in [0.15, 0.2) is 0 Å². The summed E-state index contributed by atoms with van der Waals surface area (Å²) in [5.41, 5.74) is -0.390. The fraction of sp³-hybridized carbons (Fsp3) is 0.606. The summed E-state index contributed by atoms with van der Waals surface area (Å²) in [6.45, 7) is 8.69. The number of allylic oxidation sites excluding steroid dienone is 2. The predicted octanol–water partition coefficient (Wildman–Crippen LogP) is -3.64. The molecule has 0 unspecified atom stereocenters. The maximum Gasteiger partial charge on any atom is 1.00 e. The molecule has 0 saturated carbocycles. The number of esters is 1. The van der Waals surface area contributed by atoms with E-state index >= 15 is 0 Å². The van der Waals surface area contributed by atoms with Crippen LogP contribution in [0.4, 0.5) is 0 Å². The number of hydrogen-bond acceptors (Lipinski definition) is 10. The monoisotopic (exact) mass is 682 g/mol. The third kappa shape index (κ3) is 14.7. The van der Waals surface area contributed by atoms with Crippen molar-refractivity contribution in [3.05, 3.63) is 53.1 Å². The van der Waals surface area contributed by atoms with Gasteiger partial charge in [0.25, 0.3) is 0 Å². The Kier molecular flexibility index (Phi) is 20.8. The van der Waals surface area contributed by atoms with Gasteiger partial charge in [-0.25, -0.2) is 0 Å². The second-order valence-corrected chi connectivity index (χ2v) is 12.6. The summed E-state index contributed by atoms with van der Waals surface area (Å²) in [7, 11) is 0. The van der Waals surface area contributed by atoms with Crippen molar-refractivity contribution in [3.63, 3.8) is 0 Å². The molecule has 3 rings (SSSR count). The summed E-state index contributed by atoms with van der Waals surface area (Å²) in [4.78, 5) is 33.6. The first-order valence-corrected chi connectivity index (χ1v) is 15.4. The van der Waals surface area contributed by atoms with Crippen LogP contribution in [0, 0.1) is 23.7 Å². The molecule has 13 heteroatoms. The van der Waals surface area contributed by atoms with Crippen molar-refractivity contribution in [2.75, 3.05) is 0 Å². The van der Waals surface area contributed by atoms with Crippen LogP contribution in [0.2, 0.25) is 5.02 Å². The number of benzene rings is 1. The average Bonchev–Trinajstić information content (AvgIpc) is 2.93. The van der Waals surface area contributed by atoms with Crippen LogP contribution in [0.25, 0.3) is 0 Å². The van der Waals surface area contributed by atoms with Crippen molar-refractivity contribution in [1.82, 2.24) is 0 Å². The number of ether oxygens (including phenoxy) is 2. The summed E-state index contributed by atoms with van der Waals surface area (Å²) in [6.07, 6.45) is 4.31. The van der Waals surface area contributed by atoms with Gasteiger partial charge in [-0.2, -0.15) is 0 Å². The zero-order chi connectivity index (χ0) is 33.2. The number of carbonyl (C=O) groups excluding carboxylic acids is 3. The van der Waals surface area contributed by atoms with Crippen molar-refractivity contribution in [1.29, 1.82) is 0 Å². The quantitative estimate of drug-likeness (QED) is 0.139. The zero-order valence-corrected chi connectivity index (χ0v) is 32.7. The normalized spacial score (nSPS) is 23.8. The molecule has 3 N–H and O–H groups in total. The van der Waals surface area contributed by atoms with Gasteiger partial charge in [-0.05, 0) is 81.2 Å². The van der Waals surface area contributed by atoms with Gasteiger partial charge < -0.3 is 44.6 Å². The molecular formula is C33H45ClNa2O10. The van der Waals surface area contributed by atoms with Crippen molar-refractivity contribution in [3.8, 4) is 5.75 Å². The van der Waals surface area contributed by atoms with E-state index in [1.165, 1.54) is 13.8 Å². The van der Waals surface area contributed by atoms with Crippen molar-refractivity contribution in [2.24, 2.45) is 23.7 Å². The molecule has 0 aliphatic heterocycles.